The van der Waals surface area contributed by atoms with Gasteiger partial charge in [-0.25, -0.2) is 4.39 Å². The van der Waals surface area contributed by atoms with Crippen molar-refractivity contribution in [2.75, 3.05) is 0 Å². The van der Waals surface area contributed by atoms with E-state index < -0.39 is 0 Å². The molecule has 0 saturated heterocycles. The van der Waals surface area contributed by atoms with E-state index in [4.69, 9.17) is 4.42 Å². The Balaban J connectivity index is 1.50. The van der Waals surface area contributed by atoms with Gasteiger partial charge in [-0.1, -0.05) is 29.8 Å². The van der Waals surface area contributed by atoms with Crippen molar-refractivity contribution in [3.05, 3.63) is 70.9 Å². The van der Waals surface area contributed by atoms with Gasteiger partial charge in [0.25, 0.3) is 0 Å². The minimum atomic E-state index is -0.272. The Labute approximate surface area is 151 Å². The zero-order chi connectivity index (χ0) is 18.5. The molecule has 0 fully saturated rings. The predicted octanol–water partition coefficient (Wildman–Crippen LogP) is 3.74. The zero-order valence-corrected chi connectivity index (χ0v) is 14.8. The normalized spacial score (nSPS) is 10.7. The molecule has 2 aromatic carbocycles. The molecular formula is C20H20FN3O2. The zero-order valence-electron chi connectivity index (χ0n) is 14.8. The van der Waals surface area contributed by atoms with Crippen LogP contribution in [0.15, 0.2) is 46.9 Å². The number of aryl methyl sites for hydroxylation is 3. The SMILES string of the molecule is Cc1ccc(-c2nnc(CCC(=O)NCc3ccc(C)c(F)c3)o2)cc1. The summed E-state index contributed by atoms with van der Waals surface area (Å²) >= 11 is 0. The third kappa shape index (κ3) is 4.53. The summed E-state index contributed by atoms with van der Waals surface area (Å²) in [6, 6.07) is 12.7. The number of rotatable bonds is 6. The lowest BCUT2D eigenvalue weighted by molar-refractivity contribution is -0.121. The van der Waals surface area contributed by atoms with E-state index in [-0.39, 0.29) is 24.7 Å². The Morgan fingerprint density at radius 2 is 1.88 bits per heavy atom. The number of aromatic nitrogens is 2. The van der Waals surface area contributed by atoms with Gasteiger partial charge in [0.2, 0.25) is 17.7 Å². The summed E-state index contributed by atoms with van der Waals surface area (Å²) < 4.78 is 19.1. The third-order valence-electron chi connectivity index (χ3n) is 4.06. The highest BCUT2D eigenvalue weighted by molar-refractivity contribution is 5.76. The Bertz CT molecular complexity index is 904. The van der Waals surface area contributed by atoms with Crippen molar-refractivity contribution in [2.24, 2.45) is 0 Å². The molecule has 0 spiro atoms. The molecule has 26 heavy (non-hydrogen) atoms. The average molecular weight is 353 g/mol. The number of halogens is 1. The van der Waals surface area contributed by atoms with Crippen LogP contribution in [0.5, 0.6) is 0 Å². The molecule has 3 rings (SSSR count). The number of nitrogens with one attached hydrogen (secondary N) is 1. The first-order valence-electron chi connectivity index (χ1n) is 8.42. The molecule has 0 bridgehead atoms. The molecule has 0 unspecified atom stereocenters. The van der Waals surface area contributed by atoms with Crippen molar-refractivity contribution in [2.45, 2.75) is 33.2 Å². The highest BCUT2D eigenvalue weighted by atomic mass is 19.1. The van der Waals surface area contributed by atoms with Crippen molar-refractivity contribution in [3.63, 3.8) is 0 Å². The molecule has 0 saturated carbocycles. The standard InChI is InChI=1S/C20H20FN3O2/c1-13-3-7-16(8-4-13)20-24-23-19(26-20)10-9-18(25)22-12-15-6-5-14(2)17(21)11-15/h3-8,11H,9-10,12H2,1-2H3,(H,22,25). The minimum absolute atomic E-state index is 0.152. The van der Waals surface area contributed by atoms with Crippen LogP contribution in [-0.2, 0) is 17.8 Å². The van der Waals surface area contributed by atoms with Gasteiger partial charge >= 0.3 is 0 Å². The molecule has 0 aliphatic rings. The van der Waals surface area contributed by atoms with Gasteiger partial charge in [0.05, 0.1) is 0 Å². The first-order valence-corrected chi connectivity index (χ1v) is 8.42. The summed E-state index contributed by atoms with van der Waals surface area (Å²) in [4.78, 5) is 12.0. The maximum atomic E-state index is 13.5. The van der Waals surface area contributed by atoms with Crippen LogP contribution in [0, 0.1) is 19.7 Å². The number of benzene rings is 2. The molecule has 134 valence electrons. The number of nitrogens with zero attached hydrogens (tertiary/aromatic N) is 2. The Kier molecular flexibility index (Phi) is 5.41. The van der Waals surface area contributed by atoms with Gasteiger partial charge < -0.3 is 9.73 Å². The summed E-state index contributed by atoms with van der Waals surface area (Å²) in [6.45, 7) is 3.99. The van der Waals surface area contributed by atoms with Crippen molar-refractivity contribution < 1.29 is 13.6 Å². The number of hydrogen-bond donors (Lipinski definition) is 1. The largest absolute Gasteiger partial charge is 0.421 e. The van der Waals surface area contributed by atoms with Crippen LogP contribution in [0.2, 0.25) is 0 Å². The number of amides is 1. The third-order valence-corrected chi connectivity index (χ3v) is 4.06. The number of carbonyl (C=O) groups is 1. The lowest BCUT2D eigenvalue weighted by Gasteiger charge is -2.05. The topological polar surface area (TPSA) is 68.0 Å². The van der Waals surface area contributed by atoms with E-state index in [1.807, 2.05) is 31.2 Å². The second-order valence-electron chi connectivity index (χ2n) is 6.23. The molecule has 3 aromatic rings. The second kappa shape index (κ2) is 7.91. The monoisotopic (exact) mass is 353 g/mol. The smallest absolute Gasteiger partial charge is 0.247 e. The molecule has 1 aromatic heterocycles. The fourth-order valence-corrected chi connectivity index (χ4v) is 2.42. The second-order valence-corrected chi connectivity index (χ2v) is 6.23. The van der Waals surface area contributed by atoms with E-state index in [1.54, 1.807) is 19.1 Å². The maximum Gasteiger partial charge on any atom is 0.247 e. The maximum absolute atomic E-state index is 13.5. The summed E-state index contributed by atoms with van der Waals surface area (Å²) in [6.07, 6.45) is 0.580. The Hall–Kier alpha value is -3.02. The van der Waals surface area contributed by atoms with E-state index in [1.165, 1.54) is 6.07 Å². The fraction of sp³-hybridized carbons (Fsp3) is 0.250. The van der Waals surface area contributed by atoms with Gasteiger partial charge in [0.15, 0.2) is 0 Å². The fourth-order valence-electron chi connectivity index (χ4n) is 2.42. The van der Waals surface area contributed by atoms with E-state index in [0.29, 0.717) is 23.8 Å². The van der Waals surface area contributed by atoms with Gasteiger partial charge in [-0.2, -0.15) is 0 Å². The molecule has 5 nitrogen and oxygen atoms in total. The van der Waals surface area contributed by atoms with E-state index in [2.05, 4.69) is 15.5 Å². The summed E-state index contributed by atoms with van der Waals surface area (Å²) in [5.41, 5.74) is 3.31. The van der Waals surface area contributed by atoms with Gasteiger partial charge in [-0.05, 0) is 43.2 Å². The first-order chi connectivity index (χ1) is 12.5. The van der Waals surface area contributed by atoms with Crippen molar-refractivity contribution in [3.8, 4) is 11.5 Å². The van der Waals surface area contributed by atoms with Gasteiger partial charge in [0, 0.05) is 24.9 Å². The van der Waals surface area contributed by atoms with Crippen molar-refractivity contribution in [1.82, 2.24) is 15.5 Å². The lowest BCUT2D eigenvalue weighted by atomic mass is 10.1. The van der Waals surface area contributed by atoms with Crippen molar-refractivity contribution >= 4 is 5.91 Å². The van der Waals surface area contributed by atoms with Gasteiger partial charge in [-0.3, -0.25) is 4.79 Å². The van der Waals surface area contributed by atoms with Crippen molar-refractivity contribution in [1.29, 1.82) is 0 Å². The van der Waals surface area contributed by atoms with E-state index >= 15 is 0 Å². The first kappa shape index (κ1) is 17.8. The van der Waals surface area contributed by atoms with Crippen LogP contribution in [0.1, 0.15) is 29.0 Å². The van der Waals surface area contributed by atoms with Crippen LogP contribution >= 0.6 is 0 Å². The van der Waals surface area contributed by atoms with Crippen LogP contribution < -0.4 is 5.32 Å². The molecule has 0 aliphatic heterocycles. The Morgan fingerprint density at radius 3 is 2.62 bits per heavy atom. The van der Waals surface area contributed by atoms with Crippen LogP contribution in [0.3, 0.4) is 0 Å². The van der Waals surface area contributed by atoms with E-state index in [9.17, 15) is 9.18 Å². The molecule has 0 aliphatic carbocycles. The summed E-state index contributed by atoms with van der Waals surface area (Å²) in [7, 11) is 0. The Morgan fingerprint density at radius 1 is 1.12 bits per heavy atom. The molecular weight excluding hydrogens is 333 g/mol. The molecule has 1 N–H and O–H groups in total. The molecule has 0 atom stereocenters. The quantitative estimate of drug-likeness (QED) is 0.733. The highest BCUT2D eigenvalue weighted by Crippen LogP contribution is 2.18. The highest BCUT2D eigenvalue weighted by Gasteiger charge is 2.10. The number of carbonyl (C=O) groups excluding carboxylic acids is 1. The number of hydrogen-bond acceptors (Lipinski definition) is 4. The summed E-state index contributed by atoms with van der Waals surface area (Å²) in [5, 5.41) is 10.8. The van der Waals surface area contributed by atoms with Crippen LogP contribution in [0.25, 0.3) is 11.5 Å². The molecule has 1 heterocycles. The van der Waals surface area contributed by atoms with Crippen LogP contribution in [0.4, 0.5) is 4.39 Å². The minimum Gasteiger partial charge on any atom is -0.421 e. The average Bonchev–Trinajstić information content (AvgIpc) is 3.10. The van der Waals surface area contributed by atoms with E-state index in [0.717, 1.165) is 16.7 Å². The molecule has 1 amide bonds. The van der Waals surface area contributed by atoms with Gasteiger partial charge in [-0.15, -0.1) is 10.2 Å². The molecule has 0 radical (unpaired) electrons. The lowest BCUT2D eigenvalue weighted by Crippen LogP contribution is -2.23. The van der Waals surface area contributed by atoms with Gasteiger partial charge in [0.1, 0.15) is 5.82 Å². The molecule has 6 heteroatoms. The van der Waals surface area contributed by atoms with Crippen LogP contribution in [-0.4, -0.2) is 16.1 Å². The predicted molar refractivity (Wildman–Crippen MR) is 95.8 cm³/mol. The summed E-state index contributed by atoms with van der Waals surface area (Å²) in [5.74, 6) is 0.431.